The van der Waals surface area contributed by atoms with Gasteiger partial charge in [0.15, 0.2) is 0 Å². The summed E-state index contributed by atoms with van der Waals surface area (Å²) < 4.78 is 0. The molecule has 1 aromatic heterocycles. The molecule has 6 nitrogen and oxygen atoms in total. The minimum atomic E-state index is -0.380. The Labute approximate surface area is 140 Å². The van der Waals surface area contributed by atoms with Crippen molar-refractivity contribution in [2.75, 3.05) is 18.0 Å². The van der Waals surface area contributed by atoms with Gasteiger partial charge in [0.2, 0.25) is 0 Å². The summed E-state index contributed by atoms with van der Waals surface area (Å²) >= 11 is 0. The van der Waals surface area contributed by atoms with E-state index in [-0.39, 0.29) is 18.4 Å². The molecule has 24 heavy (non-hydrogen) atoms. The van der Waals surface area contributed by atoms with E-state index in [1.165, 1.54) is 11.8 Å². The quantitative estimate of drug-likeness (QED) is 0.841. The molecular formula is C18H20N4O2. The lowest BCUT2D eigenvalue weighted by Crippen LogP contribution is -2.47. The zero-order valence-corrected chi connectivity index (χ0v) is 13.6. The van der Waals surface area contributed by atoms with Crippen molar-refractivity contribution in [3.8, 4) is 0 Å². The molecule has 2 heterocycles. The second-order valence-corrected chi connectivity index (χ2v) is 5.84. The Morgan fingerprint density at radius 3 is 2.79 bits per heavy atom. The molecule has 2 aromatic rings. The highest BCUT2D eigenvalue weighted by atomic mass is 16.2. The number of aromatic nitrogens is 1. The summed E-state index contributed by atoms with van der Waals surface area (Å²) in [5.74, 6) is -0.630. The fraction of sp³-hybridized carbons (Fsp3) is 0.278. The highest BCUT2D eigenvalue weighted by Gasteiger charge is 2.18. The molecule has 0 spiro atoms. The molecule has 3 rings (SSSR count). The number of pyridine rings is 1. The van der Waals surface area contributed by atoms with Crippen LogP contribution >= 0.6 is 0 Å². The standard InChI is InChI=1S/C18H20N4O2/c1-13-8-9-15(11-19-13)18(24)21-20-17(23)12-22-10-4-6-14-5-2-3-7-16(14)22/h2-3,5,7-9,11H,4,6,10,12H2,1H3,(H,20,23)(H,21,24). The first kappa shape index (κ1) is 16.0. The van der Waals surface area contributed by atoms with Gasteiger partial charge in [0, 0.05) is 24.1 Å². The number of para-hydroxylation sites is 1. The normalized spacial score (nSPS) is 13.1. The molecule has 0 saturated heterocycles. The molecule has 0 radical (unpaired) electrons. The number of fused-ring (bicyclic) bond motifs is 1. The summed E-state index contributed by atoms with van der Waals surface area (Å²) in [7, 11) is 0. The lowest BCUT2D eigenvalue weighted by Gasteiger charge is -2.30. The van der Waals surface area contributed by atoms with Crippen LogP contribution in [0.2, 0.25) is 0 Å². The minimum absolute atomic E-state index is 0.212. The first-order valence-corrected chi connectivity index (χ1v) is 7.98. The summed E-state index contributed by atoms with van der Waals surface area (Å²) in [6.07, 6.45) is 3.54. The van der Waals surface area contributed by atoms with Crippen LogP contribution in [0, 0.1) is 6.92 Å². The number of anilines is 1. The second kappa shape index (κ2) is 7.12. The number of hydrogen-bond donors (Lipinski definition) is 2. The van der Waals surface area contributed by atoms with Crippen molar-refractivity contribution < 1.29 is 9.59 Å². The Morgan fingerprint density at radius 2 is 2.00 bits per heavy atom. The molecule has 1 aromatic carbocycles. The molecule has 2 N–H and O–H groups in total. The number of aryl methyl sites for hydroxylation is 2. The van der Waals surface area contributed by atoms with Gasteiger partial charge in [0.25, 0.3) is 11.8 Å². The summed E-state index contributed by atoms with van der Waals surface area (Å²) in [6, 6.07) is 11.5. The number of benzene rings is 1. The van der Waals surface area contributed by atoms with Crippen molar-refractivity contribution in [1.29, 1.82) is 0 Å². The second-order valence-electron chi connectivity index (χ2n) is 5.84. The number of nitrogens with one attached hydrogen (secondary N) is 2. The van der Waals surface area contributed by atoms with Gasteiger partial charge in [0.1, 0.15) is 0 Å². The zero-order valence-electron chi connectivity index (χ0n) is 13.6. The van der Waals surface area contributed by atoms with Crippen molar-refractivity contribution in [3.05, 3.63) is 59.4 Å². The predicted molar refractivity (Wildman–Crippen MR) is 91.6 cm³/mol. The van der Waals surface area contributed by atoms with Crippen LogP contribution in [-0.4, -0.2) is 29.9 Å². The fourth-order valence-electron chi connectivity index (χ4n) is 2.79. The molecule has 0 bridgehead atoms. The van der Waals surface area contributed by atoms with E-state index in [0.717, 1.165) is 30.8 Å². The summed E-state index contributed by atoms with van der Waals surface area (Å²) in [4.78, 5) is 30.2. The maximum Gasteiger partial charge on any atom is 0.271 e. The lowest BCUT2D eigenvalue weighted by molar-refractivity contribution is -0.120. The molecule has 1 aliphatic heterocycles. The van der Waals surface area contributed by atoms with Gasteiger partial charge in [-0.3, -0.25) is 25.4 Å². The minimum Gasteiger partial charge on any atom is -0.362 e. The van der Waals surface area contributed by atoms with Crippen molar-refractivity contribution in [2.24, 2.45) is 0 Å². The SMILES string of the molecule is Cc1ccc(C(=O)NNC(=O)CN2CCCc3ccccc32)cn1. The van der Waals surface area contributed by atoms with E-state index in [0.29, 0.717) is 5.56 Å². The van der Waals surface area contributed by atoms with Gasteiger partial charge in [-0.05, 0) is 43.5 Å². The number of carbonyl (C=O) groups is 2. The van der Waals surface area contributed by atoms with Crippen LogP contribution in [0.15, 0.2) is 42.6 Å². The van der Waals surface area contributed by atoms with E-state index in [4.69, 9.17) is 0 Å². The van der Waals surface area contributed by atoms with Crippen LogP contribution in [0.25, 0.3) is 0 Å². The molecular weight excluding hydrogens is 304 g/mol. The van der Waals surface area contributed by atoms with Gasteiger partial charge in [-0.15, -0.1) is 0 Å². The molecule has 1 aliphatic rings. The van der Waals surface area contributed by atoms with Gasteiger partial charge in [-0.2, -0.15) is 0 Å². The Hall–Kier alpha value is -2.89. The Morgan fingerprint density at radius 1 is 1.17 bits per heavy atom. The molecule has 0 fully saturated rings. The molecule has 6 heteroatoms. The van der Waals surface area contributed by atoms with E-state index >= 15 is 0 Å². The van der Waals surface area contributed by atoms with Crippen LogP contribution in [0.1, 0.15) is 28.0 Å². The molecule has 0 atom stereocenters. The maximum absolute atomic E-state index is 12.1. The molecule has 2 amide bonds. The van der Waals surface area contributed by atoms with E-state index in [2.05, 4.69) is 21.9 Å². The van der Waals surface area contributed by atoms with Gasteiger partial charge in [-0.1, -0.05) is 18.2 Å². The number of rotatable bonds is 3. The average Bonchev–Trinajstić information content (AvgIpc) is 2.61. The van der Waals surface area contributed by atoms with E-state index < -0.39 is 0 Å². The Bertz CT molecular complexity index is 743. The topological polar surface area (TPSA) is 74.3 Å². The summed E-state index contributed by atoms with van der Waals surface area (Å²) in [5, 5.41) is 0. The number of carbonyl (C=O) groups excluding carboxylic acids is 2. The molecule has 124 valence electrons. The van der Waals surface area contributed by atoms with Gasteiger partial charge < -0.3 is 4.90 Å². The zero-order chi connectivity index (χ0) is 16.9. The largest absolute Gasteiger partial charge is 0.362 e. The number of amides is 2. The summed E-state index contributed by atoms with van der Waals surface area (Å²) in [5.41, 5.74) is 8.48. The number of hydrazine groups is 1. The van der Waals surface area contributed by atoms with E-state index in [1.54, 1.807) is 12.1 Å². The van der Waals surface area contributed by atoms with Crippen molar-refractivity contribution in [3.63, 3.8) is 0 Å². The van der Waals surface area contributed by atoms with Crippen LogP contribution in [-0.2, 0) is 11.2 Å². The van der Waals surface area contributed by atoms with Crippen molar-refractivity contribution in [2.45, 2.75) is 19.8 Å². The highest BCUT2D eigenvalue weighted by molar-refractivity contribution is 5.95. The average molecular weight is 324 g/mol. The molecule has 0 saturated carbocycles. The van der Waals surface area contributed by atoms with Crippen molar-refractivity contribution >= 4 is 17.5 Å². The van der Waals surface area contributed by atoms with Crippen molar-refractivity contribution in [1.82, 2.24) is 15.8 Å². The Balaban J connectivity index is 1.55. The van der Waals surface area contributed by atoms with Gasteiger partial charge in [0.05, 0.1) is 12.1 Å². The fourth-order valence-corrected chi connectivity index (χ4v) is 2.79. The number of nitrogens with zero attached hydrogens (tertiary/aromatic N) is 2. The lowest BCUT2D eigenvalue weighted by atomic mass is 10.0. The third kappa shape index (κ3) is 3.71. The monoisotopic (exact) mass is 324 g/mol. The third-order valence-corrected chi connectivity index (χ3v) is 4.03. The van der Waals surface area contributed by atoms with E-state index in [1.807, 2.05) is 30.0 Å². The summed E-state index contributed by atoms with van der Waals surface area (Å²) in [6.45, 7) is 2.89. The first-order valence-electron chi connectivity index (χ1n) is 7.98. The van der Waals surface area contributed by atoms with Crippen LogP contribution in [0.4, 0.5) is 5.69 Å². The maximum atomic E-state index is 12.1. The van der Waals surface area contributed by atoms with E-state index in [9.17, 15) is 9.59 Å². The van der Waals surface area contributed by atoms with Crippen LogP contribution in [0.3, 0.4) is 0 Å². The number of hydrogen-bond acceptors (Lipinski definition) is 4. The smallest absolute Gasteiger partial charge is 0.271 e. The highest BCUT2D eigenvalue weighted by Crippen LogP contribution is 2.26. The molecule has 0 aliphatic carbocycles. The first-order chi connectivity index (χ1) is 11.6. The van der Waals surface area contributed by atoms with Gasteiger partial charge in [-0.25, -0.2) is 0 Å². The van der Waals surface area contributed by atoms with Gasteiger partial charge >= 0.3 is 0 Å². The van der Waals surface area contributed by atoms with Crippen LogP contribution < -0.4 is 15.8 Å². The molecule has 0 unspecified atom stereocenters. The Kier molecular flexibility index (Phi) is 4.74. The predicted octanol–water partition coefficient (Wildman–Crippen LogP) is 1.60. The van der Waals surface area contributed by atoms with Crippen LogP contribution in [0.5, 0.6) is 0 Å². The third-order valence-electron chi connectivity index (χ3n) is 4.03.